The van der Waals surface area contributed by atoms with Crippen LogP contribution in [0.5, 0.6) is 5.75 Å². The van der Waals surface area contributed by atoms with Gasteiger partial charge < -0.3 is 9.64 Å². The van der Waals surface area contributed by atoms with Crippen molar-refractivity contribution in [3.05, 3.63) is 57.0 Å². The highest BCUT2D eigenvalue weighted by molar-refractivity contribution is 9.10. The number of benzene rings is 2. The Kier molecular flexibility index (Phi) is 6.07. The molecule has 0 aromatic heterocycles. The van der Waals surface area contributed by atoms with Gasteiger partial charge in [-0.15, -0.1) is 11.8 Å². The van der Waals surface area contributed by atoms with E-state index in [0.29, 0.717) is 29.5 Å². The van der Waals surface area contributed by atoms with E-state index in [4.69, 9.17) is 16.3 Å². The number of nitrogens with zero attached hydrogens (tertiary/aromatic N) is 1. The molecule has 1 fully saturated rings. The van der Waals surface area contributed by atoms with Crippen molar-refractivity contribution in [2.45, 2.75) is 35.8 Å². The predicted octanol–water partition coefficient (Wildman–Crippen LogP) is 6.00. The van der Waals surface area contributed by atoms with E-state index < -0.39 is 4.75 Å². The lowest BCUT2D eigenvalue weighted by atomic mass is 9.92. The number of hydrogen-bond donors (Lipinski definition) is 0. The number of carbonyl (C=O) groups excluding carboxylic acids is 1. The lowest BCUT2D eigenvalue weighted by molar-refractivity contribution is 0.0807. The first kappa shape index (κ1) is 20.3. The third-order valence-corrected chi connectivity index (χ3v) is 7.87. The van der Waals surface area contributed by atoms with Gasteiger partial charge in [0.2, 0.25) is 0 Å². The fraction of sp³-hybridized carbons (Fsp3) is 0.409. The van der Waals surface area contributed by atoms with Gasteiger partial charge in [0.05, 0.1) is 5.56 Å². The van der Waals surface area contributed by atoms with E-state index in [9.17, 15) is 4.79 Å². The molecule has 3 nitrogen and oxygen atoms in total. The Morgan fingerprint density at radius 2 is 1.89 bits per heavy atom. The number of piperidine rings is 1. The van der Waals surface area contributed by atoms with Crippen molar-refractivity contribution >= 4 is 45.1 Å². The highest BCUT2D eigenvalue weighted by atomic mass is 79.9. The Morgan fingerprint density at radius 3 is 2.61 bits per heavy atom. The first-order valence-corrected chi connectivity index (χ1v) is 11.6. The molecule has 0 spiro atoms. The molecule has 0 saturated carbocycles. The van der Waals surface area contributed by atoms with E-state index >= 15 is 0 Å². The molecule has 0 bridgehead atoms. The molecule has 1 atom stereocenters. The van der Waals surface area contributed by atoms with Crippen LogP contribution in [0, 0.1) is 6.92 Å². The molecule has 0 unspecified atom stereocenters. The summed E-state index contributed by atoms with van der Waals surface area (Å²) in [5, 5.41) is 0.699. The zero-order valence-electron chi connectivity index (χ0n) is 15.8. The van der Waals surface area contributed by atoms with Crippen molar-refractivity contribution in [3.63, 3.8) is 0 Å². The zero-order valence-corrected chi connectivity index (χ0v) is 19.0. The Bertz CT molecular complexity index is 883. The largest absolute Gasteiger partial charge is 0.491 e. The van der Waals surface area contributed by atoms with Crippen molar-refractivity contribution in [2.75, 3.05) is 26.2 Å². The van der Waals surface area contributed by atoms with Crippen LogP contribution in [0.3, 0.4) is 0 Å². The van der Waals surface area contributed by atoms with Crippen molar-refractivity contribution in [3.8, 4) is 5.75 Å². The fourth-order valence-electron chi connectivity index (χ4n) is 3.89. The van der Waals surface area contributed by atoms with Crippen molar-refractivity contribution in [1.29, 1.82) is 0 Å². The highest BCUT2D eigenvalue weighted by Gasteiger charge is 2.46. The third kappa shape index (κ3) is 4.13. The Balaban J connectivity index is 1.70. The summed E-state index contributed by atoms with van der Waals surface area (Å²) in [6.07, 6.45) is 3.66. The van der Waals surface area contributed by atoms with E-state index in [2.05, 4.69) is 20.8 Å². The Morgan fingerprint density at radius 1 is 1.18 bits per heavy atom. The van der Waals surface area contributed by atoms with E-state index in [-0.39, 0.29) is 5.78 Å². The SMILES string of the molecule is Cc1cc2c(cc1Br)C(=O)[C@@](CN1CCCCC1)(Sc1ccc(Cl)cc1)CO2. The van der Waals surface area contributed by atoms with Gasteiger partial charge in [0.25, 0.3) is 0 Å². The van der Waals surface area contributed by atoms with Crippen LogP contribution in [0.15, 0.2) is 45.8 Å². The van der Waals surface area contributed by atoms with E-state index in [1.54, 1.807) is 11.8 Å². The topological polar surface area (TPSA) is 29.5 Å². The van der Waals surface area contributed by atoms with Crippen LogP contribution in [0.1, 0.15) is 35.2 Å². The van der Waals surface area contributed by atoms with Crippen LogP contribution in [0.25, 0.3) is 0 Å². The van der Waals surface area contributed by atoms with Crippen molar-refractivity contribution in [2.24, 2.45) is 0 Å². The second-order valence-corrected chi connectivity index (χ2v) is 10.4. The molecule has 148 valence electrons. The number of thioether (sulfide) groups is 1. The van der Waals surface area contributed by atoms with Gasteiger partial charge >= 0.3 is 0 Å². The van der Waals surface area contributed by atoms with Crippen LogP contribution in [-0.4, -0.2) is 41.7 Å². The van der Waals surface area contributed by atoms with Crippen molar-refractivity contribution < 1.29 is 9.53 Å². The number of Topliss-reactive ketones (excluding diaryl/α,β-unsaturated/α-hetero) is 1. The molecular weight excluding hydrogens is 458 g/mol. The second kappa shape index (κ2) is 8.39. The van der Waals surface area contributed by atoms with Gasteiger partial charge in [-0.3, -0.25) is 4.79 Å². The van der Waals surface area contributed by atoms with Crippen LogP contribution in [0.2, 0.25) is 5.02 Å². The van der Waals surface area contributed by atoms with E-state index in [1.165, 1.54) is 19.3 Å². The number of likely N-dealkylation sites (tertiary alicyclic amines) is 1. The first-order chi connectivity index (χ1) is 13.5. The summed E-state index contributed by atoms with van der Waals surface area (Å²) in [4.78, 5) is 17.2. The van der Waals surface area contributed by atoms with Gasteiger partial charge in [-0.1, -0.05) is 34.0 Å². The number of carbonyl (C=O) groups is 1. The molecule has 2 aromatic carbocycles. The summed E-state index contributed by atoms with van der Waals surface area (Å²) >= 11 is 11.2. The fourth-order valence-corrected chi connectivity index (χ4v) is 5.65. The standard InChI is InChI=1S/C22H23BrClNO2S/c1-15-11-20-18(12-19(15)23)21(26)22(14-27-20,13-25-9-3-2-4-10-25)28-17-7-5-16(24)6-8-17/h5-8,11-12H,2-4,9-10,13-14H2,1H3/t22-/m0/s1. The maximum atomic E-state index is 13.8. The first-order valence-electron chi connectivity index (χ1n) is 9.61. The summed E-state index contributed by atoms with van der Waals surface area (Å²) in [5.74, 6) is 0.844. The van der Waals surface area contributed by atoms with E-state index in [1.807, 2.05) is 43.3 Å². The lowest BCUT2D eigenvalue weighted by Crippen LogP contribution is -2.53. The zero-order chi connectivity index (χ0) is 19.7. The molecule has 2 aliphatic rings. The number of ether oxygens (including phenoxy) is 1. The normalized spacial score (nSPS) is 22.6. The average Bonchev–Trinajstić information content (AvgIpc) is 2.69. The van der Waals surface area contributed by atoms with Gasteiger partial charge in [-0.25, -0.2) is 0 Å². The van der Waals surface area contributed by atoms with Gasteiger partial charge in [0, 0.05) is 20.9 Å². The number of aryl methyl sites for hydroxylation is 1. The van der Waals surface area contributed by atoms with Gasteiger partial charge in [0.15, 0.2) is 5.78 Å². The molecular formula is C22H23BrClNO2S. The predicted molar refractivity (Wildman–Crippen MR) is 119 cm³/mol. The molecule has 2 aromatic rings. The summed E-state index contributed by atoms with van der Waals surface area (Å²) in [7, 11) is 0. The minimum absolute atomic E-state index is 0.153. The molecule has 2 heterocycles. The molecule has 2 aliphatic heterocycles. The molecule has 0 radical (unpaired) electrons. The Labute approximate surface area is 183 Å². The van der Waals surface area contributed by atoms with E-state index in [0.717, 1.165) is 28.0 Å². The number of ketones is 1. The van der Waals surface area contributed by atoms with Gasteiger partial charge in [0.1, 0.15) is 17.1 Å². The van der Waals surface area contributed by atoms with Gasteiger partial charge in [-0.05, 0) is 74.8 Å². The minimum Gasteiger partial charge on any atom is -0.491 e. The summed E-state index contributed by atoms with van der Waals surface area (Å²) in [6.45, 7) is 5.17. The number of rotatable bonds is 4. The van der Waals surface area contributed by atoms with Gasteiger partial charge in [-0.2, -0.15) is 0 Å². The maximum absolute atomic E-state index is 13.8. The smallest absolute Gasteiger partial charge is 0.187 e. The molecule has 1 saturated heterocycles. The maximum Gasteiger partial charge on any atom is 0.187 e. The number of halogens is 2. The molecule has 4 rings (SSSR count). The van der Waals surface area contributed by atoms with Crippen LogP contribution < -0.4 is 4.74 Å². The molecule has 0 amide bonds. The lowest BCUT2D eigenvalue weighted by Gasteiger charge is -2.40. The molecule has 0 N–H and O–H groups in total. The quantitative estimate of drug-likeness (QED) is 0.536. The highest BCUT2D eigenvalue weighted by Crippen LogP contribution is 2.43. The number of hydrogen-bond acceptors (Lipinski definition) is 4. The second-order valence-electron chi connectivity index (χ2n) is 7.60. The average molecular weight is 481 g/mol. The van der Waals surface area contributed by atoms with Crippen LogP contribution in [-0.2, 0) is 0 Å². The minimum atomic E-state index is -0.660. The molecule has 28 heavy (non-hydrogen) atoms. The summed E-state index contributed by atoms with van der Waals surface area (Å²) < 4.78 is 6.45. The van der Waals surface area contributed by atoms with Crippen LogP contribution >= 0.6 is 39.3 Å². The Hall–Kier alpha value is -1.01. The number of fused-ring (bicyclic) bond motifs is 1. The molecule has 0 aliphatic carbocycles. The summed E-state index contributed by atoms with van der Waals surface area (Å²) in [5.41, 5.74) is 1.74. The monoisotopic (exact) mass is 479 g/mol. The van der Waals surface area contributed by atoms with Crippen molar-refractivity contribution in [1.82, 2.24) is 4.90 Å². The third-order valence-electron chi connectivity index (χ3n) is 5.43. The molecule has 6 heteroatoms. The summed E-state index contributed by atoms with van der Waals surface area (Å²) in [6, 6.07) is 11.6. The van der Waals surface area contributed by atoms with Crippen LogP contribution in [0.4, 0.5) is 0 Å².